The van der Waals surface area contributed by atoms with Crippen molar-refractivity contribution in [3.05, 3.63) is 59.9 Å². The summed E-state index contributed by atoms with van der Waals surface area (Å²) in [6, 6.07) is 14.7. The van der Waals surface area contributed by atoms with Gasteiger partial charge in [-0.05, 0) is 49.2 Å². The van der Waals surface area contributed by atoms with Crippen LogP contribution in [0.25, 0.3) is 0 Å². The van der Waals surface area contributed by atoms with Crippen LogP contribution in [0.15, 0.2) is 53.7 Å². The molecule has 3 amide bonds. The Hall–Kier alpha value is -3.66. The van der Waals surface area contributed by atoms with E-state index in [0.717, 1.165) is 22.2 Å². The molecule has 0 bridgehead atoms. The zero-order chi connectivity index (χ0) is 25.2. The molecule has 10 heteroatoms. The number of benzene rings is 2. The highest BCUT2D eigenvalue weighted by molar-refractivity contribution is 7.99. The molecule has 0 saturated carbocycles. The van der Waals surface area contributed by atoms with Crippen LogP contribution in [0.3, 0.4) is 0 Å². The van der Waals surface area contributed by atoms with Crippen LogP contribution in [0, 0.1) is 6.92 Å². The van der Waals surface area contributed by atoms with Crippen molar-refractivity contribution >= 4 is 46.5 Å². The minimum atomic E-state index is -0.141. The Bertz CT molecular complexity index is 1180. The molecule has 9 nitrogen and oxygen atoms in total. The average molecular weight is 495 g/mol. The van der Waals surface area contributed by atoms with Crippen LogP contribution < -0.4 is 16.0 Å². The largest absolute Gasteiger partial charge is 0.326 e. The van der Waals surface area contributed by atoms with Crippen molar-refractivity contribution in [2.75, 3.05) is 21.7 Å². The molecule has 2 aromatic carbocycles. The number of aryl methyl sites for hydroxylation is 2. The number of thioether (sulfide) groups is 1. The molecule has 0 aliphatic rings. The lowest BCUT2D eigenvalue weighted by molar-refractivity contribution is -0.117. The quantitative estimate of drug-likeness (QED) is 0.272. The van der Waals surface area contributed by atoms with Gasteiger partial charge in [0.25, 0.3) is 0 Å². The standard InChI is InChI=1S/C25H30N6O3S/c1-17-7-4-5-8-21(17)28-24(34)15-14-22-29-30-25(31(22)3)35-16-6-9-23(33)27-20-12-10-19(11-13-20)26-18(2)32/h4-5,7-8,10-13H,6,9,14-16H2,1-3H3,(H,26,32)(H,27,33)(H,28,34). The number of aromatic nitrogens is 3. The van der Waals surface area contributed by atoms with Crippen LogP contribution in [0.1, 0.15) is 37.6 Å². The fourth-order valence-corrected chi connectivity index (χ4v) is 4.17. The Kier molecular flexibility index (Phi) is 9.42. The second-order valence-corrected chi connectivity index (χ2v) is 9.14. The minimum Gasteiger partial charge on any atom is -0.326 e. The minimum absolute atomic E-state index is 0.0627. The molecule has 3 rings (SSSR count). The fraction of sp³-hybridized carbons (Fsp3) is 0.320. The summed E-state index contributed by atoms with van der Waals surface area (Å²) in [5.74, 6) is 1.18. The summed E-state index contributed by atoms with van der Waals surface area (Å²) in [4.78, 5) is 35.6. The molecule has 184 valence electrons. The molecular formula is C25H30N6O3S. The lowest BCUT2D eigenvalue weighted by atomic mass is 10.2. The molecule has 0 spiro atoms. The van der Waals surface area contributed by atoms with Crippen LogP contribution in [0.4, 0.5) is 17.1 Å². The summed E-state index contributed by atoms with van der Waals surface area (Å²) in [6.07, 6.45) is 1.87. The van der Waals surface area contributed by atoms with E-state index in [1.54, 1.807) is 24.3 Å². The van der Waals surface area contributed by atoms with E-state index in [2.05, 4.69) is 26.1 Å². The van der Waals surface area contributed by atoms with Crippen molar-refractivity contribution in [2.45, 2.75) is 44.7 Å². The lowest BCUT2D eigenvalue weighted by Gasteiger charge is -2.08. The van der Waals surface area contributed by atoms with Crippen LogP contribution in [0.2, 0.25) is 0 Å². The Morgan fingerprint density at radius 2 is 1.54 bits per heavy atom. The molecule has 0 atom stereocenters. The number of nitrogens with zero attached hydrogens (tertiary/aromatic N) is 3. The summed E-state index contributed by atoms with van der Waals surface area (Å²) >= 11 is 1.53. The summed E-state index contributed by atoms with van der Waals surface area (Å²) in [6.45, 7) is 3.40. The molecule has 0 aliphatic heterocycles. The molecule has 3 N–H and O–H groups in total. The predicted molar refractivity (Wildman–Crippen MR) is 138 cm³/mol. The zero-order valence-corrected chi connectivity index (χ0v) is 20.9. The van der Waals surface area contributed by atoms with Gasteiger partial charge in [-0.15, -0.1) is 10.2 Å². The van der Waals surface area contributed by atoms with E-state index in [9.17, 15) is 14.4 Å². The van der Waals surface area contributed by atoms with Crippen molar-refractivity contribution in [1.82, 2.24) is 14.8 Å². The van der Waals surface area contributed by atoms with Crippen LogP contribution in [-0.4, -0.2) is 38.2 Å². The highest BCUT2D eigenvalue weighted by Gasteiger charge is 2.12. The maximum atomic E-state index is 12.3. The van der Waals surface area contributed by atoms with Crippen LogP contribution in [0.5, 0.6) is 0 Å². The number of rotatable bonds is 11. The fourth-order valence-electron chi connectivity index (χ4n) is 3.30. The van der Waals surface area contributed by atoms with Gasteiger partial charge in [-0.2, -0.15) is 0 Å². The van der Waals surface area contributed by atoms with Crippen molar-refractivity contribution in [2.24, 2.45) is 7.05 Å². The topological polar surface area (TPSA) is 118 Å². The smallest absolute Gasteiger partial charge is 0.224 e. The molecule has 0 radical (unpaired) electrons. The van der Waals surface area contributed by atoms with Gasteiger partial charge in [0.15, 0.2) is 5.16 Å². The maximum absolute atomic E-state index is 12.3. The van der Waals surface area contributed by atoms with E-state index in [1.165, 1.54) is 18.7 Å². The Morgan fingerprint density at radius 3 is 2.23 bits per heavy atom. The van der Waals surface area contributed by atoms with Gasteiger partial charge in [0.1, 0.15) is 5.82 Å². The summed E-state index contributed by atoms with van der Waals surface area (Å²) in [5, 5.41) is 17.7. The first-order chi connectivity index (χ1) is 16.8. The number of carbonyl (C=O) groups is 3. The van der Waals surface area contributed by atoms with E-state index >= 15 is 0 Å². The second-order valence-electron chi connectivity index (χ2n) is 8.08. The van der Waals surface area contributed by atoms with Gasteiger partial charge in [0, 0.05) is 56.0 Å². The molecule has 3 aromatic rings. The molecule has 1 heterocycles. The molecule has 35 heavy (non-hydrogen) atoms. The highest BCUT2D eigenvalue weighted by Crippen LogP contribution is 2.19. The van der Waals surface area contributed by atoms with Crippen molar-refractivity contribution in [3.63, 3.8) is 0 Å². The van der Waals surface area contributed by atoms with Crippen molar-refractivity contribution in [3.8, 4) is 0 Å². The number of hydrogen-bond donors (Lipinski definition) is 3. The predicted octanol–water partition coefficient (Wildman–Crippen LogP) is 4.16. The third-order valence-corrected chi connectivity index (χ3v) is 6.29. The van der Waals surface area contributed by atoms with Crippen molar-refractivity contribution in [1.29, 1.82) is 0 Å². The first-order valence-corrected chi connectivity index (χ1v) is 12.3. The summed E-state index contributed by atoms with van der Waals surface area (Å²) in [7, 11) is 1.88. The van der Waals surface area contributed by atoms with Crippen LogP contribution >= 0.6 is 11.8 Å². The first-order valence-electron chi connectivity index (χ1n) is 11.4. The van der Waals surface area contributed by atoms with Gasteiger partial charge in [0.05, 0.1) is 0 Å². The van der Waals surface area contributed by atoms with E-state index < -0.39 is 0 Å². The molecule has 0 aliphatic carbocycles. The zero-order valence-electron chi connectivity index (χ0n) is 20.1. The third-order valence-electron chi connectivity index (χ3n) is 5.19. The van der Waals surface area contributed by atoms with E-state index in [-0.39, 0.29) is 17.7 Å². The number of carbonyl (C=O) groups excluding carboxylic acids is 3. The highest BCUT2D eigenvalue weighted by atomic mass is 32.2. The number of hydrogen-bond acceptors (Lipinski definition) is 6. The van der Waals surface area contributed by atoms with Crippen LogP contribution in [-0.2, 0) is 27.9 Å². The Labute approximate surface area is 209 Å². The van der Waals surface area contributed by atoms with Crippen molar-refractivity contribution < 1.29 is 14.4 Å². The lowest BCUT2D eigenvalue weighted by Crippen LogP contribution is -2.14. The Balaban J connectivity index is 1.37. The summed E-state index contributed by atoms with van der Waals surface area (Å²) < 4.78 is 1.89. The SMILES string of the molecule is CC(=O)Nc1ccc(NC(=O)CCCSc2nnc(CCC(=O)Nc3ccccc3C)n2C)cc1. The first kappa shape index (κ1) is 26.0. The number of nitrogens with one attached hydrogen (secondary N) is 3. The number of anilines is 3. The van der Waals surface area contributed by atoms with Gasteiger partial charge in [-0.3, -0.25) is 14.4 Å². The third kappa shape index (κ3) is 8.25. The normalized spacial score (nSPS) is 10.6. The summed E-state index contributed by atoms with van der Waals surface area (Å²) in [5.41, 5.74) is 3.20. The second kappa shape index (κ2) is 12.7. The molecule has 0 unspecified atom stereocenters. The van der Waals surface area contributed by atoms with E-state index in [4.69, 9.17) is 0 Å². The Morgan fingerprint density at radius 1 is 0.886 bits per heavy atom. The molecular weight excluding hydrogens is 464 g/mol. The van der Waals surface area contributed by atoms with Gasteiger partial charge >= 0.3 is 0 Å². The van der Waals surface area contributed by atoms with E-state index in [1.807, 2.05) is 42.8 Å². The molecule has 1 aromatic heterocycles. The van der Waals surface area contributed by atoms with Gasteiger partial charge in [0.2, 0.25) is 17.7 Å². The molecule has 0 saturated heterocycles. The van der Waals surface area contributed by atoms with Gasteiger partial charge < -0.3 is 20.5 Å². The monoisotopic (exact) mass is 494 g/mol. The van der Waals surface area contributed by atoms with Gasteiger partial charge in [-0.25, -0.2) is 0 Å². The number of amides is 3. The maximum Gasteiger partial charge on any atom is 0.224 e. The number of para-hydroxylation sites is 1. The van der Waals surface area contributed by atoms with E-state index in [0.29, 0.717) is 42.8 Å². The molecule has 0 fully saturated rings. The average Bonchev–Trinajstić information content (AvgIpc) is 3.17. The van der Waals surface area contributed by atoms with Gasteiger partial charge in [-0.1, -0.05) is 30.0 Å².